The van der Waals surface area contributed by atoms with E-state index < -0.39 is 23.6 Å². The number of hydrogen-bond acceptors (Lipinski definition) is 5. The Bertz CT molecular complexity index is 1200. The molecule has 10 heteroatoms. The minimum Gasteiger partial charge on any atom is -0.507 e. The van der Waals surface area contributed by atoms with Crippen LogP contribution < -0.4 is 0 Å². The molecule has 4 rings (SSSR count). The van der Waals surface area contributed by atoms with Gasteiger partial charge in [-0.2, -0.15) is 18.3 Å². The zero-order valence-electron chi connectivity index (χ0n) is 18.5. The van der Waals surface area contributed by atoms with Crippen molar-refractivity contribution in [3.8, 4) is 17.0 Å². The molecule has 1 aliphatic heterocycles. The number of amides is 1. The number of carbonyl (C=O) groups excluding carboxylic acids is 1. The first-order valence-corrected chi connectivity index (χ1v) is 10.7. The van der Waals surface area contributed by atoms with E-state index in [1.807, 2.05) is 6.92 Å². The lowest BCUT2D eigenvalue weighted by Crippen LogP contribution is -2.25. The molecule has 33 heavy (non-hydrogen) atoms. The summed E-state index contributed by atoms with van der Waals surface area (Å²) >= 11 is 0. The number of fused-ring (bicyclic) bond motifs is 1. The number of pyridine rings is 1. The van der Waals surface area contributed by atoms with E-state index in [0.717, 1.165) is 6.07 Å². The molecule has 0 saturated carbocycles. The first-order valence-electron chi connectivity index (χ1n) is 10.7. The molecule has 3 aromatic rings. The topological polar surface area (TPSA) is 91.5 Å². The molecule has 0 radical (unpaired) electrons. The van der Waals surface area contributed by atoms with Gasteiger partial charge in [0.25, 0.3) is 0 Å². The first-order chi connectivity index (χ1) is 15.5. The Kier molecular flexibility index (Phi) is 5.81. The van der Waals surface area contributed by atoms with Gasteiger partial charge in [-0.3, -0.25) is 9.48 Å². The van der Waals surface area contributed by atoms with Crippen molar-refractivity contribution in [3.05, 3.63) is 41.1 Å². The van der Waals surface area contributed by atoms with Crippen LogP contribution in [0.2, 0.25) is 0 Å². The lowest BCUT2D eigenvalue weighted by molar-refractivity contribution is -0.137. The average Bonchev–Trinajstić information content (AvgIpc) is 3.25. The Morgan fingerprint density at radius 1 is 1.27 bits per heavy atom. The fraction of sp³-hybridized carbons (Fsp3) is 0.435. The number of likely N-dealkylation sites (tertiary alicyclic amines) is 1. The van der Waals surface area contributed by atoms with Crippen LogP contribution in [0, 0.1) is 12.8 Å². The van der Waals surface area contributed by atoms with Crippen LogP contribution in [0.5, 0.6) is 5.75 Å². The number of phenolic OH excluding ortho intramolecular Hbond substituents is 1. The van der Waals surface area contributed by atoms with Gasteiger partial charge < -0.3 is 15.1 Å². The summed E-state index contributed by atoms with van der Waals surface area (Å²) in [6, 6.07) is 4.94. The molecule has 2 atom stereocenters. The molecule has 3 heterocycles. The van der Waals surface area contributed by atoms with Crippen molar-refractivity contribution in [1.82, 2.24) is 19.7 Å². The van der Waals surface area contributed by atoms with E-state index in [2.05, 4.69) is 10.1 Å². The summed E-state index contributed by atoms with van der Waals surface area (Å²) in [5.74, 6) is -0.384. The largest absolute Gasteiger partial charge is 0.507 e. The van der Waals surface area contributed by atoms with Crippen molar-refractivity contribution in [2.24, 2.45) is 5.92 Å². The van der Waals surface area contributed by atoms with Crippen LogP contribution in [0.15, 0.2) is 24.3 Å². The second-order valence-corrected chi connectivity index (χ2v) is 8.50. The van der Waals surface area contributed by atoms with Gasteiger partial charge in [0.2, 0.25) is 5.91 Å². The van der Waals surface area contributed by atoms with Crippen molar-refractivity contribution in [3.63, 3.8) is 0 Å². The third-order valence-electron chi connectivity index (χ3n) is 6.05. The molecule has 0 bridgehead atoms. The maximum Gasteiger partial charge on any atom is 0.416 e. The number of aryl methyl sites for hydroxylation is 1. The quantitative estimate of drug-likeness (QED) is 0.597. The second kappa shape index (κ2) is 8.33. The van der Waals surface area contributed by atoms with Gasteiger partial charge in [0.15, 0.2) is 5.65 Å². The van der Waals surface area contributed by atoms with Gasteiger partial charge >= 0.3 is 6.18 Å². The molecule has 1 saturated heterocycles. The van der Waals surface area contributed by atoms with Gasteiger partial charge in [-0.1, -0.05) is 0 Å². The van der Waals surface area contributed by atoms with Crippen molar-refractivity contribution < 1.29 is 28.2 Å². The smallest absolute Gasteiger partial charge is 0.416 e. The lowest BCUT2D eigenvalue weighted by atomic mass is 10.00. The standard InChI is InChI=1S/C23H25F3N4O3/c1-4-29-10-14(8-19(29)33)11-30-21(13(3)31)16-5-6-17(27-22(16)28-30)20-12(2)7-15(9-18(20)32)23(24,25)26/h5-7,9,13-14,31-32H,4,8,10-11H2,1-3H3/t13-,14?/m0/s1. The molecule has 1 fully saturated rings. The normalized spacial score (nSPS) is 17.8. The van der Waals surface area contributed by atoms with E-state index in [9.17, 15) is 28.2 Å². The number of aliphatic hydroxyl groups excluding tert-OH is 1. The summed E-state index contributed by atoms with van der Waals surface area (Å²) in [6.07, 6.45) is -5.01. The Labute approximate surface area is 188 Å². The number of nitrogens with zero attached hydrogens (tertiary/aromatic N) is 4. The molecule has 1 unspecified atom stereocenters. The SMILES string of the molecule is CCN1CC(Cn2nc3nc(-c4c(C)cc(C(F)(F)F)cc4O)ccc3c2[C@H](C)O)CC1=O. The number of rotatable bonds is 5. The number of alkyl halides is 3. The van der Waals surface area contributed by atoms with Gasteiger partial charge in [0, 0.05) is 42.9 Å². The Morgan fingerprint density at radius 3 is 2.58 bits per heavy atom. The highest BCUT2D eigenvalue weighted by atomic mass is 19.4. The molecule has 1 amide bonds. The number of carbonyl (C=O) groups is 1. The molecule has 0 spiro atoms. The van der Waals surface area contributed by atoms with Crippen LogP contribution in [0.1, 0.15) is 43.2 Å². The number of phenols is 1. The second-order valence-electron chi connectivity index (χ2n) is 8.50. The molecule has 0 aliphatic carbocycles. The van der Waals surface area contributed by atoms with Crippen LogP contribution in [0.25, 0.3) is 22.3 Å². The highest BCUT2D eigenvalue weighted by molar-refractivity contribution is 5.83. The molecule has 2 aromatic heterocycles. The zero-order chi connectivity index (χ0) is 24.1. The van der Waals surface area contributed by atoms with Crippen LogP contribution >= 0.6 is 0 Å². The summed E-state index contributed by atoms with van der Waals surface area (Å²) in [6.45, 7) is 6.70. The maximum atomic E-state index is 13.1. The molecule has 7 nitrogen and oxygen atoms in total. The van der Waals surface area contributed by atoms with Crippen LogP contribution in [-0.2, 0) is 17.5 Å². The van der Waals surface area contributed by atoms with E-state index in [-0.39, 0.29) is 28.6 Å². The molecule has 176 valence electrons. The molecule has 1 aliphatic rings. The van der Waals surface area contributed by atoms with Crippen LogP contribution in [0.3, 0.4) is 0 Å². The molecular formula is C23H25F3N4O3. The summed E-state index contributed by atoms with van der Waals surface area (Å²) < 4.78 is 40.8. The van der Waals surface area contributed by atoms with E-state index >= 15 is 0 Å². The maximum absolute atomic E-state index is 13.1. The monoisotopic (exact) mass is 462 g/mol. The number of benzene rings is 1. The highest BCUT2D eigenvalue weighted by Crippen LogP contribution is 2.39. The highest BCUT2D eigenvalue weighted by Gasteiger charge is 2.33. The van der Waals surface area contributed by atoms with Crippen molar-refractivity contribution in [2.75, 3.05) is 13.1 Å². The van der Waals surface area contributed by atoms with Crippen LogP contribution in [-0.4, -0.2) is 48.9 Å². The first kappa shape index (κ1) is 23.0. The van der Waals surface area contributed by atoms with Crippen molar-refractivity contribution in [2.45, 2.75) is 46.0 Å². The van der Waals surface area contributed by atoms with Gasteiger partial charge in [-0.25, -0.2) is 4.98 Å². The van der Waals surface area contributed by atoms with E-state index in [1.165, 1.54) is 6.92 Å². The number of hydrogen-bond donors (Lipinski definition) is 2. The average molecular weight is 462 g/mol. The fourth-order valence-electron chi connectivity index (χ4n) is 4.54. The summed E-state index contributed by atoms with van der Waals surface area (Å²) in [7, 11) is 0. The number of aliphatic hydroxyl groups is 1. The number of halogens is 3. The minimum atomic E-state index is -4.57. The molecule has 1 aromatic carbocycles. The summed E-state index contributed by atoms with van der Waals surface area (Å²) in [5, 5.41) is 25.8. The Balaban J connectivity index is 1.74. The van der Waals surface area contributed by atoms with Gasteiger partial charge in [-0.05, 0) is 50.6 Å². The molecule has 2 N–H and O–H groups in total. The minimum absolute atomic E-state index is 0.0462. The summed E-state index contributed by atoms with van der Waals surface area (Å²) in [4.78, 5) is 18.4. The van der Waals surface area contributed by atoms with Gasteiger partial charge in [0.1, 0.15) is 5.75 Å². The number of aromatic nitrogens is 3. The van der Waals surface area contributed by atoms with Gasteiger partial charge in [-0.15, -0.1) is 0 Å². The van der Waals surface area contributed by atoms with Crippen molar-refractivity contribution >= 4 is 16.9 Å². The predicted molar refractivity (Wildman–Crippen MR) is 115 cm³/mol. The van der Waals surface area contributed by atoms with E-state index in [4.69, 9.17) is 0 Å². The third kappa shape index (κ3) is 4.27. The number of aromatic hydroxyl groups is 1. The Hall–Kier alpha value is -3.14. The van der Waals surface area contributed by atoms with E-state index in [0.29, 0.717) is 48.8 Å². The summed E-state index contributed by atoms with van der Waals surface area (Å²) in [5.41, 5.74) is 0.626. The lowest BCUT2D eigenvalue weighted by Gasteiger charge is -2.15. The van der Waals surface area contributed by atoms with E-state index in [1.54, 1.807) is 28.6 Å². The third-order valence-corrected chi connectivity index (χ3v) is 6.05. The van der Waals surface area contributed by atoms with Crippen molar-refractivity contribution in [1.29, 1.82) is 0 Å². The fourth-order valence-corrected chi connectivity index (χ4v) is 4.54. The zero-order valence-corrected chi connectivity index (χ0v) is 18.5. The predicted octanol–water partition coefficient (Wildman–Crippen LogP) is 4.05. The van der Waals surface area contributed by atoms with Crippen LogP contribution in [0.4, 0.5) is 13.2 Å². The Morgan fingerprint density at radius 2 is 2.00 bits per heavy atom. The van der Waals surface area contributed by atoms with Gasteiger partial charge in [0.05, 0.1) is 23.1 Å². The molecular weight excluding hydrogens is 437 g/mol.